The van der Waals surface area contributed by atoms with Gasteiger partial charge >= 0.3 is 5.97 Å². The average Bonchev–Trinajstić information content (AvgIpc) is 2.45. The summed E-state index contributed by atoms with van der Waals surface area (Å²) in [5, 5.41) is 11.4. The van der Waals surface area contributed by atoms with Crippen molar-refractivity contribution in [3.05, 3.63) is 30.1 Å². The number of nitrogens with one attached hydrogen (secondary N) is 1. The Balaban J connectivity index is 2.39. The van der Waals surface area contributed by atoms with Gasteiger partial charge in [0.15, 0.2) is 6.61 Å². The predicted molar refractivity (Wildman–Crippen MR) is 74.4 cm³/mol. The molecular weight excluding hydrogens is 279 g/mol. The van der Waals surface area contributed by atoms with E-state index >= 15 is 0 Å². The molecule has 0 saturated carbocycles. The van der Waals surface area contributed by atoms with E-state index in [1.165, 1.54) is 24.3 Å². The number of ether oxygens (including phenoxy) is 1. The molecule has 0 radical (unpaired) electrons. The van der Waals surface area contributed by atoms with Crippen LogP contribution < -0.4 is 15.8 Å². The summed E-state index contributed by atoms with van der Waals surface area (Å²) in [5.41, 5.74) is 5.33. The first kappa shape index (κ1) is 16.9. The van der Waals surface area contributed by atoms with Crippen LogP contribution in [0.25, 0.3) is 0 Å². The Bertz CT molecular complexity index is 465. The van der Waals surface area contributed by atoms with Crippen molar-refractivity contribution in [2.75, 3.05) is 13.2 Å². The quantitative estimate of drug-likeness (QED) is 0.588. The summed E-state index contributed by atoms with van der Waals surface area (Å²) in [6.45, 7) is 0.153. The lowest BCUT2D eigenvalue weighted by atomic mass is 10.1. The summed E-state index contributed by atoms with van der Waals surface area (Å²) in [4.78, 5) is 22.6. The van der Waals surface area contributed by atoms with Crippen LogP contribution in [0.2, 0.25) is 0 Å². The fraction of sp³-hybridized carbons (Fsp3) is 0.429. The fourth-order valence-corrected chi connectivity index (χ4v) is 1.67. The molecule has 1 aromatic rings. The van der Waals surface area contributed by atoms with Gasteiger partial charge in [-0.2, -0.15) is 0 Å². The molecule has 7 heteroatoms. The molecule has 4 N–H and O–H groups in total. The summed E-state index contributed by atoms with van der Waals surface area (Å²) in [7, 11) is 0. The highest BCUT2D eigenvalue weighted by Crippen LogP contribution is 2.10. The molecule has 1 atom stereocenters. The van der Waals surface area contributed by atoms with Crippen molar-refractivity contribution in [1.82, 2.24) is 5.32 Å². The highest BCUT2D eigenvalue weighted by atomic mass is 19.1. The van der Waals surface area contributed by atoms with E-state index < -0.39 is 23.7 Å². The zero-order valence-corrected chi connectivity index (χ0v) is 11.5. The summed E-state index contributed by atoms with van der Waals surface area (Å²) in [6, 6.07) is 4.23. The first-order valence-corrected chi connectivity index (χ1v) is 6.63. The molecule has 0 aliphatic heterocycles. The number of rotatable bonds is 9. The van der Waals surface area contributed by atoms with E-state index in [2.05, 4.69) is 5.32 Å². The Hall–Kier alpha value is -2.15. The molecule has 116 valence electrons. The third-order valence-electron chi connectivity index (χ3n) is 2.76. The van der Waals surface area contributed by atoms with Crippen LogP contribution in [0.5, 0.6) is 5.75 Å². The second kappa shape index (κ2) is 8.91. The van der Waals surface area contributed by atoms with Crippen molar-refractivity contribution < 1.29 is 23.8 Å². The highest BCUT2D eigenvalue weighted by molar-refractivity contribution is 5.84. The molecule has 1 rings (SSSR count). The smallest absolute Gasteiger partial charge is 0.326 e. The van der Waals surface area contributed by atoms with E-state index in [1.807, 2.05) is 0 Å². The summed E-state index contributed by atoms with van der Waals surface area (Å²) >= 11 is 0. The normalized spacial score (nSPS) is 11.7. The second-order valence-corrected chi connectivity index (χ2v) is 4.49. The average molecular weight is 298 g/mol. The molecule has 0 fully saturated rings. The van der Waals surface area contributed by atoms with Gasteiger partial charge in [0, 0.05) is 0 Å². The van der Waals surface area contributed by atoms with Crippen molar-refractivity contribution in [3.63, 3.8) is 0 Å². The molecular formula is C14H19FN2O4. The van der Waals surface area contributed by atoms with Gasteiger partial charge in [-0.1, -0.05) is 0 Å². The Kier molecular flexibility index (Phi) is 7.17. The van der Waals surface area contributed by atoms with Crippen LogP contribution in [0.1, 0.15) is 19.3 Å². The molecule has 1 amide bonds. The zero-order chi connectivity index (χ0) is 15.7. The SMILES string of the molecule is NCCCCC(NC(=O)COc1ccc(F)cc1)C(=O)O. The molecule has 0 aromatic heterocycles. The number of benzene rings is 1. The minimum absolute atomic E-state index is 0.314. The van der Waals surface area contributed by atoms with Gasteiger partial charge < -0.3 is 20.9 Å². The van der Waals surface area contributed by atoms with Gasteiger partial charge in [0.1, 0.15) is 17.6 Å². The van der Waals surface area contributed by atoms with Crippen LogP contribution in [0.4, 0.5) is 4.39 Å². The number of carboxylic acid groups (broad SMARTS) is 1. The number of halogens is 1. The minimum atomic E-state index is -1.10. The topological polar surface area (TPSA) is 102 Å². The molecule has 6 nitrogen and oxygen atoms in total. The number of hydrogen-bond acceptors (Lipinski definition) is 4. The van der Waals surface area contributed by atoms with Crippen molar-refractivity contribution >= 4 is 11.9 Å². The Morgan fingerprint density at radius 1 is 1.29 bits per heavy atom. The molecule has 0 aliphatic carbocycles. The monoisotopic (exact) mass is 298 g/mol. The van der Waals surface area contributed by atoms with Gasteiger partial charge in [0.05, 0.1) is 0 Å². The first-order valence-electron chi connectivity index (χ1n) is 6.63. The molecule has 0 bridgehead atoms. The number of carboxylic acids is 1. The predicted octanol–water partition coefficient (Wildman–Crippen LogP) is 0.903. The Labute approximate surface area is 122 Å². The number of nitrogens with two attached hydrogens (primary N) is 1. The van der Waals surface area contributed by atoms with Gasteiger partial charge in [-0.05, 0) is 50.1 Å². The molecule has 21 heavy (non-hydrogen) atoms. The highest BCUT2D eigenvalue weighted by Gasteiger charge is 2.19. The van der Waals surface area contributed by atoms with Gasteiger partial charge in [-0.25, -0.2) is 9.18 Å². The molecule has 1 aromatic carbocycles. The van der Waals surface area contributed by atoms with Crippen LogP contribution in [-0.4, -0.2) is 36.2 Å². The molecule has 0 saturated heterocycles. The fourth-order valence-electron chi connectivity index (χ4n) is 1.67. The number of unbranched alkanes of at least 4 members (excludes halogenated alkanes) is 1. The molecule has 0 aliphatic rings. The maximum Gasteiger partial charge on any atom is 0.326 e. The Morgan fingerprint density at radius 2 is 1.95 bits per heavy atom. The van der Waals surface area contributed by atoms with E-state index in [0.29, 0.717) is 31.6 Å². The minimum Gasteiger partial charge on any atom is -0.484 e. The lowest BCUT2D eigenvalue weighted by Crippen LogP contribution is -2.43. The van der Waals surface area contributed by atoms with E-state index in [9.17, 15) is 14.0 Å². The number of hydrogen-bond donors (Lipinski definition) is 3. The van der Waals surface area contributed by atoms with Crippen LogP contribution in [-0.2, 0) is 9.59 Å². The third kappa shape index (κ3) is 6.71. The lowest BCUT2D eigenvalue weighted by molar-refractivity contribution is -0.142. The number of aliphatic carboxylic acids is 1. The first-order chi connectivity index (χ1) is 10.0. The summed E-state index contributed by atoms with van der Waals surface area (Å²) in [6.07, 6.45) is 1.63. The van der Waals surface area contributed by atoms with E-state index in [4.69, 9.17) is 15.6 Å². The summed E-state index contributed by atoms with van der Waals surface area (Å²) < 4.78 is 17.8. The van der Waals surface area contributed by atoms with Gasteiger partial charge in [-0.3, -0.25) is 4.79 Å². The number of carbonyl (C=O) groups excluding carboxylic acids is 1. The Morgan fingerprint density at radius 3 is 2.52 bits per heavy atom. The van der Waals surface area contributed by atoms with E-state index in [1.54, 1.807) is 0 Å². The van der Waals surface area contributed by atoms with Gasteiger partial charge in [-0.15, -0.1) is 0 Å². The number of amides is 1. The zero-order valence-electron chi connectivity index (χ0n) is 11.5. The van der Waals surface area contributed by atoms with Crippen LogP contribution in [0, 0.1) is 5.82 Å². The standard InChI is InChI=1S/C14H19FN2O4/c15-10-4-6-11(7-5-10)21-9-13(18)17-12(14(19)20)3-1-2-8-16/h4-7,12H,1-3,8-9,16H2,(H,17,18)(H,19,20). The van der Waals surface area contributed by atoms with Crippen LogP contribution >= 0.6 is 0 Å². The van der Waals surface area contributed by atoms with Gasteiger partial charge in [0.2, 0.25) is 0 Å². The number of carbonyl (C=O) groups is 2. The van der Waals surface area contributed by atoms with Crippen molar-refractivity contribution in [1.29, 1.82) is 0 Å². The van der Waals surface area contributed by atoms with E-state index in [0.717, 1.165) is 0 Å². The second-order valence-electron chi connectivity index (χ2n) is 4.49. The lowest BCUT2D eigenvalue weighted by Gasteiger charge is -2.14. The molecule has 0 heterocycles. The third-order valence-corrected chi connectivity index (χ3v) is 2.76. The summed E-state index contributed by atoms with van der Waals surface area (Å²) in [5.74, 6) is -1.71. The molecule has 1 unspecified atom stereocenters. The largest absolute Gasteiger partial charge is 0.484 e. The van der Waals surface area contributed by atoms with E-state index in [-0.39, 0.29) is 6.61 Å². The van der Waals surface area contributed by atoms with Crippen LogP contribution in [0.3, 0.4) is 0 Å². The maximum absolute atomic E-state index is 12.7. The van der Waals surface area contributed by atoms with Gasteiger partial charge in [0.25, 0.3) is 5.91 Å². The van der Waals surface area contributed by atoms with Crippen molar-refractivity contribution in [2.24, 2.45) is 5.73 Å². The molecule has 0 spiro atoms. The van der Waals surface area contributed by atoms with Crippen molar-refractivity contribution in [3.8, 4) is 5.75 Å². The van der Waals surface area contributed by atoms with Crippen LogP contribution in [0.15, 0.2) is 24.3 Å². The maximum atomic E-state index is 12.7. The van der Waals surface area contributed by atoms with Crippen molar-refractivity contribution in [2.45, 2.75) is 25.3 Å².